The van der Waals surface area contributed by atoms with Gasteiger partial charge in [-0.2, -0.15) is 0 Å². The molecule has 0 saturated carbocycles. The summed E-state index contributed by atoms with van der Waals surface area (Å²) in [5, 5.41) is 16.6. The molecule has 194 valence electrons. The zero-order valence-electron chi connectivity index (χ0n) is 20.9. The summed E-state index contributed by atoms with van der Waals surface area (Å²) in [5.74, 6) is -0.0197. The number of carbonyl (C=O) groups is 2. The number of hydrogen-bond acceptors (Lipinski definition) is 7. The van der Waals surface area contributed by atoms with E-state index in [-0.39, 0.29) is 24.3 Å². The van der Waals surface area contributed by atoms with Crippen molar-refractivity contribution in [2.24, 2.45) is 5.92 Å². The molecule has 1 aromatic heterocycles. The van der Waals surface area contributed by atoms with Gasteiger partial charge in [-0.25, -0.2) is 5.48 Å². The average Bonchev–Trinajstić information content (AvgIpc) is 3.58. The monoisotopic (exact) mass is 503 g/mol. The van der Waals surface area contributed by atoms with Crippen LogP contribution in [0.5, 0.6) is 5.75 Å². The Morgan fingerprint density at radius 3 is 2.73 bits per heavy atom. The van der Waals surface area contributed by atoms with Crippen molar-refractivity contribution >= 4 is 22.7 Å². The molecule has 2 aromatic carbocycles. The van der Waals surface area contributed by atoms with Gasteiger partial charge in [0.25, 0.3) is 5.91 Å². The Kier molecular flexibility index (Phi) is 7.64. The van der Waals surface area contributed by atoms with Gasteiger partial charge in [0.1, 0.15) is 12.4 Å². The second-order valence-electron chi connectivity index (χ2n) is 9.93. The number of benzene rings is 2. The van der Waals surface area contributed by atoms with Crippen LogP contribution in [0.1, 0.15) is 34.5 Å². The van der Waals surface area contributed by atoms with Crippen molar-refractivity contribution in [1.29, 1.82) is 0 Å². The number of ether oxygens (including phenoxy) is 1. The predicted molar refractivity (Wildman–Crippen MR) is 139 cm³/mol. The lowest BCUT2D eigenvalue weighted by Crippen LogP contribution is -2.42. The van der Waals surface area contributed by atoms with Crippen molar-refractivity contribution in [3.05, 3.63) is 71.4 Å². The Labute approximate surface area is 216 Å². The fourth-order valence-corrected chi connectivity index (χ4v) is 5.44. The van der Waals surface area contributed by atoms with Crippen LogP contribution >= 0.6 is 0 Å². The van der Waals surface area contributed by atoms with Gasteiger partial charge in [-0.05, 0) is 56.3 Å². The maximum Gasteiger partial charge on any atom is 0.251 e. The molecular weight excluding hydrogens is 470 g/mol. The van der Waals surface area contributed by atoms with Crippen LogP contribution in [0, 0.1) is 12.8 Å². The summed E-state index contributed by atoms with van der Waals surface area (Å²) in [4.78, 5) is 31.8. The van der Waals surface area contributed by atoms with Gasteiger partial charge in [0, 0.05) is 66.3 Å². The number of para-hydroxylation sites is 1. The second-order valence-corrected chi connectivity index (χ2v) is 9.93. The number of aromatic nitrogens is 1. The van der Waals surface area contributed by atoms with Crippen molar-refractivity contribution in [3.63, 3.8) is 0 Å². The van der Waals surface area contributed by atoms with Crippen LogP contribution in [0.2, 0.25) is 0 Å². The van der Waals surface area contributed by atoms with Crippen LogP contribution in [-0.4, -0.2) is 65.2 Å². The number of hydroxylamine groups is 1. The van der Waals surface area contributed by atoms with E-state index in [9.17, 15) is 9.59 Å². The molecule has 0 radical (unpaired) electrons. The summed E-state index contributed by atoms with van der Waals surface area (Å²) in [7, 11) is 0. The Hall–Kier alpha value is -3.53. The minimum Gasteiger partial charge on any atom is -0.489 e. The molecular formula is C28H33N5O4. The maximum atomic E-state index is 13.1. The normalized spacial score (nSPS) is 21.7. The van der Waals surface area contributed by atoms with E-state index in [0.717, 1.165) is 41.7 Å². The molecule has 0 spiro atoms. The number of aryl methyl sites for hydroxylation is 1. The lowest BCUT2D eigenvalue weighted by atomic mass is 9.99. The van der Waals surface area contributed by atoms with Crippen LogP contribution in [0.15, 0.2) is 54.6 Å². The number of likely N-dealkylation sites (tertiary alicyclic amines) is 1. The number of rotatable bonds is 8. The molecule has 37 heavy (non-hydrogen) atoms. The quantitative estimate of drug-likeness (QED) is 0.276. The van der Waals surface area contributed by atoms with Crippen molar-refractivity contribution in [2.45, 2.75) is 38.5 Å². The lowest BCUT2D eigenvalue weighted by Gasteiger charge is -2.22. The number of hydrogen-bond donors (Lipinski definition) is 4. The smallest absolute Gasteiger partial charge is 0.251 e. The van der Waals surface area contributed by atoms with Gasteiger partial charge in [-0.3, -0.25) is 24.7 Å². The van der Waals surface area contributed by atoms with Crippen LogP contribution < -0.4 is 20.9 Å². The molecule has 5 rings (SSSR count). The third-order valence-corrected chi connectivity index (χ3v) is 7.35. The summed E-state index contributed by atoms with van der Waals surface area (Å²) in [6.45, 7) is 5.65. The molecule has 0 bridgehead atoms. The molecule has 3 aromatic rings. The molecule has 9 heteroatoms. The highest BCUT2D eigenvalue weighted by molar-refractivity contribution is 5.94. The SMILES string of the molecule is Cc1cc(COc2ccc(C(=O)N[C@@H]3CN(C4CCNC4)C[C@@H]3CC(=O)NO)cc2)c2ccccc2n1. The number of pyridine rings is 1. The molecule has 2 saturated heterocycles. The van der Waals surface area contributed by atoms with Crippen molar-refractivity contribution in [2.75, 3.05) is 26.2 Å². The first kappa shape index (κ1) is 25.1. The van der Waals surface area contributed by atoms with Gasteiger partial charge in [-0.15, -0.1) is 0 Å². The van der Waals surface area contributed by atoms with E-state index >= 15 is 0 Å². The highest BCUT2D eigenvalue weighted by Gasteiger charge is 2.38. The van der Waals surface area contributed by atoms with E-state index in [1.165, 1.54) is 0 Å². The largest absolute Gasteiger partial charge is 0.489 e. The zero-order valence-corrected chi connectivity index (χ0v) is 20.9. The van der Waals surface area contributed by atoms with Gasteiger partial charge in [0.2, 0.25) is 5.91 Å². The van der Waals surface area contributed by atoms with Gasteiger partial charge < -0.3 is 15.4 Å². The molecule has 2 amide bonds. The summed E-state index contributed by atoms with van der Waals surface area (Å²) in [5.41, 5.74) is 5.20. The van der Waals surface area contributed by atoms with E-state index in [2.05, 4.69) is 20.5 Å². The van der Waals surface area contributed by atoms with Gasteiger partial charge in [0.05, 0.1) is 5.52 Å². The molecule has 2 aliphatic rings. The molecule has 3 atom stereocenters. The van der Waals surface area contributed by atoms with Crippen LogP contribution in [-0.2, 0) is 11.4 Å². The number of nitrogens with zero attached hydrogens (tertiary/aromatic N) is 2. The summed E-state index contributed by atoms with van der Waals surface area (Å²) >= 11 is 0. The van der Waals surface area contributed by atoms with Crippen molar-refractivity contribution in [1.82, 2.24) is 26.0 Å². The second kappa shape index (κ2) is 11.2. The minimum atomic E-state index is -0.436. The number of nitrogens with one attached hydrogen (secondary N) is 3. The highest BCUT2D eigenvalue weighted by Crippen LogP contribution is 2.25. The Bertz CT molecular complexity index is 1260. The molecule has 1 unspecified atom stereocenters. The molecule has 3 heterocycles. The first-order chi connectivity index (χ1) is 18.0. The molecule has 2 aliphatic heterocycles. The number of carbonyl (C=O) groups excluding carboxylic acids is 2. The summed E-state index contributed by atoms with van der Waals surface area (Å²) < 4.78 is 6.03. The average molecular weight is 504 g/mol. The van der Waals surface area contributed by atoms with E-state index in [4.69, 9.17) is 9.94 Å². The first-order valence-electron chi connectivity index (χ1n) is 12.8. The minimum absolute atomic E-state index is 0.0713. The lowest BCUT2D eigenvalue weighted by molar-refractivity contribution is -0.130. The molecule has 2 fully saturated rings. The first-order valence-corrected chi connectivity index (χ1v) is 12.8. The Morgan fingerprint density at radius 2 is 1.97 bits per heavy atom. The van der Waals surface area contributed by atoms with Gasteiger partial charge in [0.15, 0.2) is 0 Å². The zero-order chi connectivity index (χ0) is 25.8. The van der Waals surface area contributed by atoms with Crippen LogP contribution in [0.25, 0.3) is 10.9 Å². The predicted octanol–water partition coefficient (Wildman–Crippen LogP) is 2.41. The van der Waals surface area contributed by atoms with E-state index in [1.807, 2.05) is 37.3 Å². The third-order valence-electron chi connectivity index (χ3n) is 7.35. The van der Waals surface area contributed by atoms with Crippen molar-refractivity contribution < 1.29 is 19.5 Å². The number of fused-ring (bicyclic) bond motifs is 1. The van der Waals surface area contributed by atoms with E-state index in [1.54, 1.807) is 29.7 Å². The van der Waals surface area contributed by atoms with E-state index < -0.39 is 5.91 Å². The number of amides is 2. The maximum absolute atomic E-state index is 13.1. The van der Waals surface area contributed by atoms with Crippen LogP contribution in [0.4, 0.5) is 0 Å². The highest BCUT2D eigenvalue weighted by atomic mass is 16.5. The van der Waals surface area contributed by atoms with E-state index in [0.29, 0.717) is 37.1 Å². The molecule has 9 nitrogen and oxygen atoms in total. The summed E-state index contributed by atoms with van der Waals surface area (Å²) in [6, 6.07) is 17.4. The molecule has 4 N–H and O–H groups in total. The third kappa shape index (κ3) is 5.90. The standard InChI is InChI=1S/C28H33N5O4/c1-18-12-21(24-4-2-3-5-25(24)30-18)17-37-23-8-6-19(7-9-23)28(35)31-26-16-33(22-10-11-29-14-22)15-20(26)13-27(34)32-36/h2-9,12,20,22,26,29,36H,10-11,13-17H2,1H3,(H,31,35)(H,32,34)/t20-,22?,26+/m0/s1. The van der Waals surface area contributed by atoms with Crippen LogP contribution in [0.3, 0.4) is 0 Å². The topological polar surface area (TPSA) is 116 Å². The van der Waals surface area contributed by atoms with Gasteiger partial charge in [-0.1, -0.05) is 18.2 Å². The molecule has 0 aliphatic carbocycles. The van der Waals surface area contributed by atoms with Crippen molar-refractivity contribution in [3.8, 4) is 5.75 Å². The Morgan fingerprint density at radius 1 is 1.16 bits per heavy atom. The fourth-order valence-electron chi connectivity index (χ4n) is 5.44. The fraction of sp³-hybridized carbons (Fsp3) is 0.393. The Balaban J connectivity index is 1.22. The van der Waals surface area contributed by atoms with Gasteiger partial charge >= 0.3 is 0 Å². The summed E-state index contributed by atoms with van der Waals surface area (Å²) in [6.07, 6.45) is 1.21.